The molecule has 0 unspecified atom stereocenters. The van der Waals surface area contributed by atoms with Gasteiger partial charge in [0.15, 0.2) is 0 Å². The molecule has 4 nitrogen and oxygen atoms in total. The number of β-amino-alcohol motifs (C(OH)–C–C–N with tert-alkyl or cyclic N) is 1. The van der Waals surface area contributed by atoms with E-state index in [0.717, 1.165) is 25.1 Å². The number of aryl methyl sites for hydroxylation is 1. The lowest BCUT2D eigenvalue weighted by atomic mass is 10.0. The summed E-state index contributed by atoms with van der Waals surface area (Å²) in [6.45, 7) is 4.42. The molecule has 1 aliphatic rings. The molecule has 0 saturated carbocycles. The number of aromatic nitrogens is 2. The minimum atomic E-state index is -0.341. The first-order chi connectivity index (χ1) is 10.7. The summed E-state index contributed by atoms with van der Waals surface area (Å²) >= 11 is 0. The van der Waals surface area contributed by atoms with E-state index in [0.29, 0.717) is 13.0 Å². The van der Waals surface area contributed by atoms with Gasteiger partial charge < -0.3 is 5.11 Å². The summed E-state index contributed by atoms with van der Waals surface area (Å²) in [4.78, 5) is 2.24. The molecule has 1 fully saturated rings. The number of rotatable bonds is 5. The Morgan fingerprint density at radius 2 is 2.27 bits per heavy atom. The lowest BCUT2D eigenvalue weighted by Crippen LogP contribution is -2.27. The number of halogens is 1. The first kappa shape index (κ1) is 15.2. The monoisotopic (exact) mass is 303 g/mol. The number of aliphatic hydroxyl groups is 1. The van der Waals surface area contributed by atoms with Gasteiger partial charge in [0, 0.05) is 31.9 Å². The molecule has 0 amide bonds. The molecule has 1 aromatic carbocycles. The lowest BCUT2D eigenvalue weighted by Gasteiger charge is -2.24. The van der Waals surface area contributed by atoms with Gasteiger partial charge in [0.1, 0.15) is 5.82 Å². The Balaban J connectivity index is 1.68. The number of nitrogens with zero attached hydrogens (tertiary/aromatic N) is 3. The number of likely N-dealkylation sites (tertiary alicyclic amines) is 1. The van der Waals surface area contributed by atoms with Crippen molar-refractivity contribution in [3.8, 4) is 0 Å². The Morgan fingerprint density at radius 3 is 3.00 bits per heavy atom. The van der Waals surface area contributed by atoms with Gasteiger partial charge in [0.2, 0.25) is 0 Å². The lowest BCUT2D eigenvalue weighted by molar-refractivity contribution is 0.175. The van der Waals surface area contributed by atoms with Crippen molar-refractivity contribution in [1.29, 1.82) is 0 Å². The molecule has 0 aliphatic carbocycles. The van der Waals surface area contributed by atoms with Crippen molar-refractivity contribution in [2.24, 2.45) is 0 Å². The molecule has 1 saturated heterocycles. The maximum Gasteiger partial charge on any atom is 0.123 e. The molecule has 2 aromatic rings. The topological polar surface area (TPSA) is 41.3 Å². The van der Waals surface area contributed by atoms with Crippen LogP contribution < -0.4 is 0 Å². The summed E-state index contributed by atoms with van der Waals surface area (Å²) in [5.74, 6) is -0.219. The highest BCUT2D eigenvalue weighted by molar-refractivity contribution is 5.22. The van der Waals surface area contributed by atoms with Crippen molar-refractivity contribution in [1.82, 2.24) is 14.7 Å². The molecule has 1 aromatic heterocycles. The first-order valence-corrected chi connectivity index (χ1v) is 7.84. The van der Waals surface area contributed by atoms with E-state index in [9.17, 15) is 9.50 Å². The maximum absolute atomic E-state index is 13.4. The Bertz CT molecular complexity index is 628. The SMILES string of the molecule is CCn1cc(CCN2C[C@H](O)C[C@H]2c2cccc(F)c2)cn1. The maximum atomic E-state index is 13.4. The third-order valence-corrected chi connectivity index (χ3v) is 4.31. The minimum absolute atomic E-state index is 0.0897. The van der Waals surface area contributed by atoms with E-state index >= 15 is 0 Å². The number of hydrogen-bond acceptors (Lipinski definition) is 3. The molecule has 2 heterocycles. The van der Waals surface area contributed by atoms with Crippen LogP contribution in [0.15, 0.2) is 36.7 Å². The van der Waals surface area contributed by atoms with Crippen LogP contribution in [0.1, 0.15) is 30.5 Å². The number of benzene rings is 1. The molecule has 5 heteroatoms. The van der Waals surface area contributed by atoms with Gasteiger partial charge >= 0.3 is 0 Å². The van der Waals surface area contributed by atoms with Crippen molar-refractivity contribution >= 4 is 0 Å². The van der Waals surface area contributed by atoms with Gasteiger partial charge in [0.05, 0.1) is 12.3 Å². The highest BCUT2D eigenvalue weighted by Gasteiger charge is 2.31. The second-order valence-electron chi connectivity index (χ2n) is 5.91. The highest BCUT2D eigenvalue weighted by Crippen LogP contribution is 2.32. The van der Waals surface area contributed by atoms with Crippen LogP contribution >= 0.6 is 0 Å². The average molecular weight is 303 g/mol. The van der Waals surface area contributed by atoms with E-state index in [1.54, 1.807) is 12.1 Å². The van der Waals surface area contributed by atoms with E-state index in [1.807, 2.05) is 16.9 Å². The molecule has 118 valence electrons. The average Bonchev–Trinajstić information content (AvgIpc) is 3.11. The molecule has 0 bridgehead atoms. The van der Waals surface area contributed by atoms with Crippen LogP contribution in [0.2, 0.25) is 0 Å². The van der Waals surface area contributed by atoms with Crippen LogP contribution in [-0.4, -0.2) is 39.0 Å². The molecular weight excluding hydrogens is 281 g/mol. The molecular formula is C17H22FN3O. The third-order valence-electron chi connectivity index (χ3n) is 4.31. The summed E-state index contributed by atoms with van der Waals surface area (Å²) < 4.78 is 15.4. The largest absolute Gasteiger partial charge is 0.392 e. The van der Waals surface area contributed by atoms with Gasteiger partial charge in [0.25, 0.3) is 0 Å². The summed E-state index contributed by atoms with van der Waals surface area (Å²) in [7, 11) is 0. The van der Waals surface area contributed by atoms with Gasteiger partial charge in [-0.15, -0.1) is 0 Å². The predicted octanol–water partition coefficient (Wildman–Crippen LogP) is 2.39. The predicted molar refractivity (Wildman–Crippen MR) is 82.9 cm³/mol. The van der Waals surface area contributed by atoms with Crippen LogP contribution in [0.3, 0.4) is 0 Å². The summed E-state index contributed by atoms with van der Waals surface area (Å²) in [5, 5.41) is 14.3. The van der Waals surface area contributed by atoms with Crippen LogP contribution in [0.4, 0.5) is 4.39 Å². The fourth-order valence-electron chi connectivity index (χ4n) is 3.17. The van der Waals surface area contributed by atoms with Crippen molar-refractivity contribution < 1.29 is 9.50 Å². The van der Waals surface area contributed by atoms with Crippen LogP contribution in [0.25, 0.3) is 0 Å². The van der Waals surface area contributed by atoms with Gasteiger partial charge in [-0.2, -0.15) is 5.10 Å². The molecule has 1 N–H and O–H groups in total. The second-order valence-corrected chi connectivity index (χ2v) is 5.91. The quantitative estimate of drug-likeness (QED) is 0.922. The van der Waals surface area contributed by atoms with Crippen LogP contribution in [-0.2, 0) is 13.0 Å². The standard InChI is InChI=1S/C17H22FN3O/c1-2-21-11-13(10-19-21)6-7-20-12-16(22)9-17(20)14-4-3-5-15(18)8-14/h3-5,8,10-11,16-17,22H,2,6-7,9,12H2,1H3/t16-,17+/m1/s1. The fourth-order valence-corrected chi connectivity index (χ4v) is 3.17. The van der Waals surface area contributed by atoms with Gasteiger partial charge in [-0.3, -0.25) is 9.58 Å². The minimum Gasteiger partial charge on any atom is -0.392 e. The van der Waals surface area contributed by atoms with E-state index in [1.165, 1.54) is 11.6 Å². The Hall–Kier alpha value is -1.72. The second kappa shape index (κ2) is 6.58. The Kier molecular flexibility index (Phi) is 4.55. The molecule has 0 radical (unpaired) electrons. The fraction of sp³-hybridized carbons (Fsp3) is 0.471. The van der Waals surface area contributed by atoms with Crippen molar-refractivity contribution in [2.75, 3.05) is 13.1 Å². The molecule has 22 heavy (non-hydrogen) atoms. The smallest absolute Gasteiger partial charge is 0.123 e. The number of hydrogen-bond donors (Lipinski definition) is 1. The van der Waals surface area contributed by atoms with E-state index in [-0.39, 0.29) is 18.0 Å². The molecule has 1 aliphatic heterocycles. The normalized spacial score (nSPS) is 22.3. The van der Waals surface area contributed by atoms with Crippen molar-refractivity contribution in [3.63, 3.8) is 0 Å². The highest BCUT2D eigenvalue weighted by atomic mass is 19.1. The summed E-state index contributed by atoms with van der Waals surface area (Å²) in [6, 6.07) is 6.79. The van der Waals surface area contributed by atoms with Gasteiger partial charge in [-0.1, -0.05) is 12.1 Å². The third kappa shape index (κ3) is 3.36. The number of aliphatic hydroxyl groups excluding tert-OH is 1. The van der Waals surface area contributed by atoms with Crippen molar-refractivity contribution in [2.45, 2.75) is 38.5 Å². The molecule has 0 spiro atoms. The molecule has 3 rings (SSSR count). The van der Waals surface area contributed by atoms with Gasteiger partial charge in [-0.25, -0.2) is 4.39 Å². The van der Waals surface area contributed by atoms with Crippen LogP contribution in [0, 0.1) is 5.82 Å². The summed E-state index contributed by atoms with van der Waals surface area (Å²) in [5.41, 5.74) is 2.14. The van der Waals surface area contributed by atoms with Crippen LogP contribution in [0.5, 0.6) is 0 Å². The van der Waals surface area contributed by atoms with E-state index in [4.69, 9.17) is 0 Å². The van der Waals surface area contributed by atoms with Crippen molar-refractivity contribution in [3.05, 3.63) is 53.6 Å². The zero-order valence-electron chi connectivity index (χ0n) is 12.8. The van der Waals surface area contributed by atoms with E-state index < -0.39 is 0 Å². The Morgan fingerprint density at radius 1 is 1.41 bits per heavy atom. The zero-order chi connectivity index (χ0) is 15.5. The van der Waals surface area contributed by atoms with Gasteiger partial charge in [-0.05, 0) is 43.0 Å². The Labute approximate surface area is 130 Å². The zero-order valence-corrected chi connectivity index (χ0v) is 12.8. The summed E-state index contributed by atoms with van der Waals surface area (Å²) in [6.07, 6.45) is 5.17. The first-order valence-electron chi connectivity index (χ1n) is 7.84. The van der Waals surface area contributed by atoms with E-state index in [2.05, 4.69) is 23.1 Å². The molecule has 2 atom stereocenters.